The molecule has 1 fully saturated rings. The lowest BCUT2D eigenvalue weighted by Crippen LogP contribution is -2.26. The molecular formula is C19H19ClN2S. The Morgan fingerprint density at radius 1 is 0.957 bits per heavy atom. The van der Waals surface area contributed by atoms with E-state index in [-0.39, 0.29) is 0 Å². The van der Waals surface area contributed by atoms with E-state index in [1.54, 1.807) is 0 Å². The van der Waals surface area contributed by atoms with Gasteiger partial charge in [-0.1, -0.05) is 47.6 Å². The minimum atomic E-state index is 0.653. The van der Waals surface area contributed by atoms with Gasteiger partial charge in [0.25, 0.3) is 0 Å². The van der Waals surface area contributed by atoms with Gasteiger partial charge in [0, 0.05) is 26.9 Å². The molecule has 2 nitrogen and oxygen atoms in total. The average molecular weight is 343 g/mol. The summed E-state index contributed by atoms with van der Waals surface area (Å²) < 4.78 is 0. The average Bonchev–Trinajstić information content (AvgIpc) is 3.01. The van der Waals surface area contributed by atoms with Gasteiger partial charge in [-0.25, -0.2) is 0 Å². The van der Waals surface area contributed by atoms with Crippen molar-refractivity contribution in [2.24, 2.45) is 0 Å². The van der Waals surface area contributed by atoms with E-state index in [4.69, 9.17) is 11.6 Å². The fraction of sp³-hybridized carbons (Fsp3) is 0.263. The highest BCUT2D eigenvalue weighted by molar-refractivity contribution is 7.99. The molecule has 0 unspecified atom stereocenters. The first-order chi connectivity index (χ1) is 11.3. The maximum Gasteiger partial charge on any atom is 0.0511 e. The summed E-state index contributed by atoms with van der Waals surface area (Å²) in [5.41, 5.74) is 2.57. The van der Waals surface area contributed by atoms with Gasteiger partial charge < -0.3 is 10.3 Å². The maximum atomic E-state index is 6.42. The van der Waals surface area contributed by atoms with Crippen molar-refractivity contribution in [3.8, 4) is 0 Å². The number of rotatable bonds is 3. The van der Waals surface area contributed by atoms with Gasteiger partial charge in [-0.2, -0.15) is 0 Å². The van der Waals surface area contributed by atoms with Crippen LogP contribution in [-0.4, -0.2) is 18.1 Å². The van der Waals surface area contributed by atoms with Crippen LogP contribution in [0.4, 0.5) is 0 Å². The predicted octanol–water partition coefficient (Wildman–Crippen LogP) is 5.44. The first-order valence-corrected chi connectivity index (χ1v) is 9.25. The minimum absolute atomic E-state index is 0.653. The summed E-state index contributed by atoms with van der Waals surface area (Å²) in [6, 6.07) is 14.8. The Bertz CT molecular complexity index is 821. The van der Waals surface area contributed by atoms with Crippen molar-refractivity contribution < 1.29 is 0 Å². The first kappa shape index (κ1) is 15.1. The van der Waals surface area contributed by atoms with Crippen molar-refractivity contribution in [2.75, 3.05) is 13.1 Å². The van der Waals surface area contributed by atoms with E-state index in [1.165, 1.54) is 28.2 Å². The molecule has 0 radical (unpaired) electrons. The Kier molecular flexibility index (Phi) is 4.34. The van der Waals surface area contributed by atoms with Crippen LogP contribution in [0.25, 0.3) is 10.9 Å². The monoisotopic (exact) mass is 342 g/mol. The van der Waals surface area contributed by atoms with Crippen LogP contribution in [0.2, 0.25) is 5.02 Å². The largest absolute Gasteiger partial charge is 0.360 e. The molecule has 2 aromatic carbocycles. The molecule has 4 rings (SSSR count). The normalized spacial score (nSPS) is 16.0. The molecule has 118 valence electrons. The number of aromatic amines is 1. The quantitative estimate of drug-likeness (QED) is 0.663. The Labute approximate surface area is 145 Å². The van der Waals surface area contributed by atoms with E-state index < -0.39 is 0 Å². The number of hydrogen-bond donors (Lipinski definition) is 2. The van der Waals surface area contributed by atoms with Crippen molar-refractivity contribution in [2.45, 2.75) is 28.6 Å². The Morgan fingerprint density at radius 2 is 1.78 bits per heavy atom. The lowest BCUT2D eigenvalue weighted by Gasteiger charge is -2.24. The SMILES string of the molecule is Clc1cccc2[nH]cc(Sc3ccccc3C3CCNCC3)c12. The third kappa shape index (κ3) is 3.01. The van der Waals surface area contributed by atoms with Crippen molar-refractivity contribution in [1.82, 2.24) is 10.3 Å². The van der Waals surface area contributed by atoms with Crippen molar-refractivity contribution in [3.63, 3.8) is 0 Å². The van der Waals surface area contributed by atoms with Crippen molar-refractivity contribution in [3.05, 3.63) is 59.2 Å². The summed E-state index contributed by atoms with van der Waals surface area (Å²) in [4.78, 5) is 5.88. The standard InChI is InChI=1S/C19H19ClN2S/c20-15-5-3-6-16-19(15)18(12-22-16)23-17-7-2-1-4-14(17)13-8-10-21-11-9-13/h1-7,12-13,21-22H,8-11H2. The van der Waals surface area contributed by atoms with Gasteiger partial charge in [-0.05, 0) is 55.6 Å². The molecular weight excluding hydrogens is 324 g/mol. The fourth-order valence-corrected chi connectivity index (χ4v) is 4.86. The van der Waals surface area contributed by atoms with Crippen LogP contribution in [0.1, 0.15) is 24.3 Å². The fourth-order valence-electron chi connectivity index (χ4n) is 3.35. The van der Waals surface area contributed by atoms with E-state index >= 15 is 0 Å². The second kappa shape index (κ2) is 6.60. The summed E-state index contributed by atoms with van der Waals surface area (Å²) in [5, 5.41) is 5.39. The molecule has 23 heavy (non-hydrogen) atoms. The molecule has 1 aromatic heterocycles. The number of H-pyrrole nitrogens is 1. The van der Waals surface area contributed by atoms with Gasteiger partial charge in [0.15, 0.2) is 0 Å². The molecule has 0 bridgehead atoms. The van der Waals surface area contributed by atoms with E-state index in [1.807, 2.05) is 23.9 Å². The van der Waals surface area contributed by atoms with Crippen LogP contribution in [0, 0.1) is 0 Å². The van der Waals surface area contributed by atoms with Crippen LogP contribution in [-0.2, 0) is 0 Å². The lowest BCUT2D eigenvalue weighted by molar-refractivity contribution is 0.456. The summed E-state index contributed by atoms with van der Waals surface area (Å²) in [6.07, 6.45) is 4.50. The van der Waals surface area contributed by atoms with E-state index in [9.17, 15) is 0 Å². The number of hydrogen-bond acceptors (Lipinski definition) is 2. The third-order valence-corrected chi connectivity index (χ3v) is 5.99. The van der Waals surface area contributed by atoms with Gasteiger partial charge in [0.05, 0.1) is 5.02 Å². The molecule has 3 aromatic rings. The predicted molar refractivity (Wildman–Crippen MR) is 98.7 cm³/mol. The Morgan fingerprint density at radius 3 is 2.65 bits per heavy atom. The molecule has 0 aliphatic carbocycles. The van der Waals surface area contributed by atoms with Gasteiger partial charge in [-0.15, -0.1) is 0 Å². The maximum absolute atomic E-state index is 6.42. The number of benzene rings is 2. The molecule has 0 saturated carbocycles. The highest BCUT2D eigenvalue weighted by atomic mass is 35.5. The highest BCUT2D eigenvalue weighted by Crippen LogP contribution is 2.41. The lowest BCUT2D eigenvalue weighted by atomic mass is 9.90. The summed E-state index contributed by atoms with van der Waals surface area (Å²) >= 11 is 8.24. The molecule has 2 heterocycles. The van der Waals surface area contributed by atoms with Gasteiger partial charge >= 0.3 is 0 Å². The molecule has 1 saturated heterocycles. The van der Waals surface area contributed by atoms with Crippen molar-refractivity contribution >= 4 is 34.3 Å². The van der Waals surface area contributed by atoms with Gasteiger partial charge in [0.2, 0.25) is 0 Å². The van der Waals surface area contributed by atoms with Gasteiger partial charge in [-0.3, -0.25) is 0 Å². The number of fused-ring (bicyclic) bond motifs is 1. The van der Waals surface area contributed by atoms with Crippen LogP contribution >= 0.6 is 23.4 Å². The number of aromatic nitrogens is 1. The van der Waals surface area contributed by atoms with Crippen LogP contribution in [0.15, 0.2) is 58.5 Å². The number of piperidine rings is 1. The molecule has 1 aliphatic rings. The Balaban J connectivity index is 1.71. The third-order valence-electron chi connectivity index (χ3n) is 4.54. The summed E-state index contributed by atoms with van der Waals surface area (Å²) in [7, 11) is 0. The van der Waals surface area contributed by atoms with E-state index in [2.05, 4.69) is 46.8 Å². The molecule has 0 amide bonds. The molecule has 4 heteroatoms. The highest BCUT2D eigenvalue weighted by Gasteiger charge is 2.19. The zero-order chi connectivity index (χ0) is 15.6. The molecule has 2 N–H and O–H groups in total. The second-order valence-corrected chi connectivity index (χ2v) is 7.47. The van der Waals surface area contributed by atoms with Crippen LogP contribution in [0.3, 0.4) is 0 Å². The topological polar surface area (TPSA) is 27.8 Å². The molecule has 0 spiro atoms. The van der Waals surface area contributed by atoms with Gasteiger partial charge in [0.1, 0.15) is 0 Å². The zero-order valence-corrected chi connectivity index (χ0v) is 14.4. The second-order valence-electron chi connectivity index (χ2n) is 5.98. The Hall–Kier alpha value is -1.42. The van der Waals surface area contributed by atoms with E-state index in [0.29, 0.717) is 5.92 Å². The van der Waals surface area contributed by atoms with Crippen LogP contribution < -0.4 is 5.32 Å². The molecule has 0 atom stereocenters. The van der Waals surface area contributed by atoms with Crippen LogP contribution in [0.5, 0.6) is 0 Å². The van der Waals surface area contributed by atoms with E-state index in [0.717, 1.165) is 29.0 Å². The zero-order valence-electron chi connectivity index (χ0n) is 12.8. The van der Waals surface area contributed by atoms with Crippen molar-refractivity contribution in [1.29, 1.82) is 0 Å². The number of nitrogens with one attached hydrogen (secondary N) is 2. The minimum Gasteiger partial charge on any atom is -0.360 e. The first-order valence-electron chi connectivity index (χ1n) is 8.06. The smallest absolute Gasteiger partial charge is 0.0511 e. The summed E-state index contributed by atoms with van der Waals surface area (Å²) in [5.74, 6) is 0.653. The number of halogens is 1. The summed E-state index contributed by atoms with van der Waals surface area (Å²) in [6.45, 7) is 2.23. The molecule has 1 aliphatic heterocycles.